The summed E-state index contributed by atoms with van der Waals surface area (Å²) in [6, 6.07) is 7.05. The summed E-state index contributed by atoms with van der Waals surface area (Å²) in [5, 5.41) is 23.1. The Hall–Kier alpha value is -1.52. The van der Waals surface area contributed by atoms with Crippen LogP contribution in [0, 0.1) is 0 Å². The van der Waals surface area contributed by atoms with Crippen LogP contribution in [0.2, 0.25) is 0 Å². The van der Waals surface area contributed by atoms with Crippen LogP contribution in [0.4, 0.5) is 0 Å². The topological polar surface area (TPSA) is 52.5 Å². The lowest BCUT2D eigenvalue weighted by Crippen LogP contribution is -2.17. The van der Waals surface area contributed by atoms with E-state index in [9.17, 15) is 10.2 Å². The van der Waals surface area contributed by atoms with E-state index in [1.165, 1.54) is 34.6 Å². The van der Waals surface area contributed by atoms with Gasteiger partial charge in [0.25, 0.3) is 0 Å². The van der Waals surface area contributed by atoms with Crippen molar-refractivity contribution in [3.63, 3.8) is 0 Å². The van der Waals surface area contributed by atoms with Crippen LogP contribution in [-0.2, 0) is 19.4 Å². The molecule has 4 heteroatoms. The summed E-state index contributed by atoms with van der Waals surface area (Å²) >= 11 is 1.88. The molecule has 3 N–H and O–H groups in total. The largest absolute Gasteiger partial charge is 0.507 e. The van der Waals surface area contributed by atoms with E-state index in [0.29, 0.717) is 5.56 Å². The monoisotopic (exact) mass is 289 g/mol. The number of hydrogen-bond acceptors (Lipinski definition) is 4. The molecule has 0 aliphatic heterocycles. The van der Waals surface area contributed by atoms with Gasteiger partial charge >= 0.3 is 0 Å². The van der Waals surface area contributed by atoms with Crippen molar-refractivity contribution in [2.75, 3.05) is 0 Å². The lowest BCUT2D eigenvalue weighted by molar-refractivity contribution is 0.418. The molecular formula is C16H19NO2S. The lowest BCUT2D eigenvalue weighted by Gasteiger charge is -2.16. The number of hydrogen-bond donors (Lipinski definition) is 3. The van der Waals surface area contributed by atoms with Crippen molar-refractivity contribution in [2.24, 2.45) is 0 Å². The van der Waals surface area contributed by atoms with E-state index in [2.05, 4.69) is 11.4 Å². The Morgan fingerprint density at radius 3 is 2.70 bits per heavy atom. The SMILES string of the molecule is CC(NCc1cc2c(s1)CCC2)c1c(O)cccc1O. The van der Waals surface area contributed by atoms with E-state index in [4.69, 9.17) is 0 Å². The number of fused-ring (bicyclic) bond motifs is 1. The van der Waals surface area contributed by atoms with Crippen LogP contribution >= 0.6 is 11.3 Å². The molecule has 106 valence electrons. The maximum Gasteiger partial charge on any atom is 0.124 e. The number of nitrogens with one attached hydrogen (secondary N) is 1. The lowest BCUT2D eigenvalue weighted by atomic mass is 10.1. The van der Waals surface area contributed by atoms with Crippen LogP contribution in [0.1, 0.15) is 40.3 Å². The van der Waals surface area contributed by atoms with Gasteiger partial charge in [-0.3, -0.25) is 0 Å². The van der Waals surface area contributed by atoms with Gasteiger partial charge in [-0.15, -0.1) is 11.3 Å². The zero-order chi connectivity index (χ0) is 14.1. The average molecular weight is 289 g/mol. The number of aromatic hydroxyl groups is 2. The first kappa shape index (κ1) is 13.5. The molecule has 1 aliphatic carbocycles. The fraction of sp³-hybridized carbons (Fsp3) is 0.375. The molecule has 0 spiro atoms. The van der Waals surface area contributed by atoms with Crippen LogP contribution in [0.25, 0.3) is 0 Å². The smallest absolute Gasteiger partial charge is 0.124 e. The molecule has 0 amide bonds. The van der Waals surface area contributed by atoms with Crippen molar-refractivity contribution < 1.29 is 10.2 Å². The van der Waals surface area contributed by atoms with Crippen LogP contribution < -0.4 is 5.32 Å². The Morgan fingerprint density at radius 2 is 2.00 bits per heavy atom. The molecule has 0 bridgehead atoms. The van der Waals surface area contributed by atoms with Gasteiger partial charge in [0.05, 0.1) is 5.56 Å². The summed E-state index contributed by atoms with van der Waals surface area (Å²) in [6.45, 7) is 2.72. The number of aryl methyl sites for hydroxylation is 2. The highest BCUT2D eigenvalue weighted by molar-refractivity contribution is 7.12. The van der Waals surface area contributed by atoms with Crippen LogP contribution in [0.3, 0.4) is 0 Å². The zero-order valence-corrected chi connectivity index (χ0v) is 12.3. The van der Waals surface area contributed by atoms with E-state index in [1.54, 1.807) is 18.2 Å². The summed E-state index contributed by atoms with van der Waals surface area (Å²) in [5.74, 6) is 0.275. The van der Waals surface area contributed by atoms with Gasteiger partial charge in [-0.25, -0.2) is 0 Å². The summed E-state index contributed by atoms with van der Waals surface area (Å²) in [7, 11) is 0. The first-order valence-electron chi connectivity index (χ1n) is 7.00. The van der Waals surface area contributed by atoms with Crippen molar-refractivity contribution in [2.45, 2.75) is 38.8 Å². The normalized spacial score (nSPS) is 15.2. The second-order valence-corrected chi connectivity index (χ2v) is 6.55. The van der Waals surface area contributed by atoms with Gasteiger partial charge in [0.1, 0.15) is 11.5 Å². The molecule has 0 saturated heterocycles. The predicted octanol–water partition coefficient (Wildman–Crippen LogP) is 3.50. The predicted molar refractivity (Wildman–Crippen MR) is 81.4 cm³/mol. The number of thiophene rings is 1. The Morgan fingerprint density at radius 1 is 1.25 bits per heavy atom. The third kappa shape index (κ3) is 2.53. The molecule has 1 aromatic carbocycles. The van der Waals surface area contributed by atoms with Crippen molar-refractivity contribution in [3.8, 4) is 11.5 Å². The van der Waals surface area contributed by atoms with Gasteiger partial charge in [-0.1, -0.05) is 6.07 Å². The van der Waals surface area contributed by atoms with Crippen molar-refractivity contribution in [1.29, 1.82) is 0 Å². The maximum atomic E-state index is 9.86. The minimum absolute atomic E-state index is 0.0897. The zero-order valence-electron chi connectivity index (χ0n) is 11.5. The van der Waals surface area contributed by atoms with Crippen LogP contribution in [0.5, 0.6) is 11.5 Å². The first-order chi connectivity index (χ1) is 9.65. The van der Waals surface area contributed by atoms with Gasteiger partial charge in [-0.2, -0.15) is 0 Å². The number of benzene rings is 1. The van der Waals surface area contributed by atoms with E-state index >= 15 is 0 Å². The average Bonchev–Trinajstić information content (AvgIpc) is 2.96. The molecule has 3 nitrogen and oxygen atoms in total. The molecule has 0 saturated carbocycles. The van der Waals surface area contributed by atoms with Crippen molar-refractivity contribution in [3.05, 3.63) is 45.1 Å². The minimum Gasteiger partial charge on any atom is -0.507 e. The highest BCUT2D eigenvalue weighted by Gasteiger charge is 2.17. The van der Waals surface area contributed by atoms with Crippen LogP contribution in [-0.4, -0.2) is 10.2 Å². The first-order valence-corrected chi connectivity index (χ1v) is 7.81. The molecule has 1 aliphatic rings. The third-order valence-electron chi connectivity index (χ3n) is 3.87. The molecule has 1 unspecified atom stereocenters. The fourth-order valence-electron chi connectivity index (χ4n) is 2.82. The molecule has 0 fully saturated rings. The van der Waals surface area contributed by atoms with Gasteiger partial charge in [0.15, 0.2) is 0 Å². The maximum absolute atomic E-state index is 9.86. The van der Waals surface area contributed by atoms with Crippen molar-refractivity contribution in [1.82, 2.24) is 5.32 Å². The van der Waals surface area contributed by atoms with Gasteiger partial charge < -0.3 is 15.5 Å². The van der Waals surface area contributed by atoms with Gasteiger partial charge in [0.2, 0.25) is 0 Å². The summed E-state index contributed by atoms with van der Waals surface area (Å²) in [5.41, 5.74) is 2.07. The number of phenolic OH excluding ortho intramolecular Hbond substituents is 2. The Labute approximate surface area is 122 Å². The van der Waals surface area contributed by atoms with E-state index in [-0.39, 0.29) is 17.5 Å². The van der Waals surface area contributed by atoms with E-state index in [0.717, 1.165) is 6.54 Å². The van der Waals surface area contributed by atoms with E-state index in [1.807, 2.05) is 18.3 Å². The highest BCUT2D eigenvalue weighted by Crippen LogP contribution is 2.33. The second-order valence-electron chi connectivity index (χ2n) is 5.33. The molecule has 0 radical (unpaired) electrons. The van der Waals surface area contributed by atoms with E-state index < -0.39 is 0 Å². The number of phenols is 2. The van der Waals surface area contributed by atoms with Gasteiger partial charge in [0, 0.05) is 22.3 Å². The number of rotatable bonds is 4. The Balaban J connectivity index is 1.68. The summed E-state index contributed by atoms with van der Waals surface area (Å²) in [6.07, 6.45) is 3.72. The standard InChI is InChI=1S/C16H19NO2S/c1-10(16-13(18)5-3-6-14(16)19)17-9-12-8-11-4-2-7-15(11)20-12/h3,5-6,8,10,17-19H,2,4,7,9H2,1H3. The van der Waals surface area contributed by atoms with Crippen molar-refractivity contribution >= 4 is 11.3 Å². The molecular weight excluding hydrogens is 270 g/mol. The molecule has 3 rings (SSSR count). The molecule has 2 aromatic rings. The second kappa shape index (κ2) is 5.46. The minimum atomic E-state index is -0.0897. The van der Waals surface area contributed by atoms with Crippen LogP contribution in [0.15, 0.2) is 24.3 Å². The molecule has 1 aromatic heterocycles. The molecule has 1 heterocycles. The summed E-state index contributed by atoms with van der Waals surface area (Å²) in [4.78, 5) is 2.86. The Bertz CT molecular complexity index is 579. The fourth-order valence-corrected chi connectivity index (χ4v) is 4.03. The van der Waals surface area contributed by atoms with Gasteiger partial charge in [-0.05, 0) is 49.9 Å². The molecule has 1 atom stereocenters. The molecule has 20 heavy (non-hydrogen) atoms. The third-order valence-corrected chi connectivity index (χ3v) is 5.11. The Kier molecular flexibility index (Phi) is 3.68. The highest BCUT2D eigenvalue weighted by atomic mass is 32.1. The quantitative estimate of drug-likeness (QED) is 0.807. The summed E-state index contributed by atoms with van der Waals surface area (Å²) < 4.78 is 0.